The highest BCUT2D eigenvalue weighted by molar-refractivity contribution is 5.80. The molecular formula is C20H22N2O3. The summed E-state index contributed by atoms with van der Waals surface area (Å²) in [7, 11) is 1.58. The van der Waals surface area contributed by atoms with E-state index in [-0.39, 0.29) is 12.5 Å². The minimum atomic E-state index is -0.754. The Morgan fingerprint density at radius 1 is 1.24 bits per heavy atom. The zero-order valence-electron chi connectivity index (χ0n) is 14.2. The number of ether oxygens (including phenoxy) is 1. The Kier molecular flexibility index (Phi) is 5.36. The van der Waals surface area contributed by atoms with Crippen LogP contribution in [0.3, 0.4) is 0 Å². The number of carbonyl (C=O) groups excluding carboxylic acids is 1. The summed E-state index contributed by atoms with van der Waals surface area (Å²) >= 11 is 0. The number of fused-ring (bicyclic) bond motifs is 1. The third-order valence-electron chi connectivity index (χ3n) is 4.23. The van der Waals surface area contributed by atoms with Crippen molar-refractivity contribution >= 4 is 16.8 Å². The van der Waals surface area contributed by atoms with Crippen LogP contribution in [0, 0.1) is 0 Å². The van der Waals surface area contributed by atoms with Crippen molar-refractivity contribution in [2.24, 2.45) is 0 Å². The molecule has 1 amide bonds. The van der Waals surface area contributed by atoms with E-state index in [1.165, 1.54) is 0 Å². The number of aryl methyl sites for hydroxylation is 1. The molecule has 0 aliphatic carbocycles. The van der Waals surface area contributed by atoms with Crippen LogP contribution >= 0.6 is 0 Å². The van der Waals surface area contributed by atoms with Gasteiger partial charge in [0.1, 0.15) is 5.75 Å². The lowest BCUT2D eigenvalue weighted by molar-refractivity contribution is -0.121. The second kappa shape index (κ2) is 7.85. The molecular weight excluding hydrogens is 316 g/mol. The highest BCUT2D eigenvalue weighted by Gasteiger charge is 2.10. The van der Waals surface area contributed by atoms with Crippen LogP contribution in [0.4, 0.5) is 0 Å². The minimum Gasteiger partial charge on any atom is -0.497 e. The molecule has 3 rings (SSSR count). The molecule has 0 aliphatic rings. The summed E-state index contributed by atoms with van der Waals surface area (Å²) in [5, 5.41) is 14.1. The first kappa shape index (κ1) is 17.0. The molecule has 1 heterocycles. The molecule has 5 nitrogen and oxygen atoms in total. The fourth-order valence-electron chi connectivity index (χ4n) is 2.78. The van der Waals surface area contributed by atoms with Crippen molar-refractivity contribution in [3.05, 3.63) is 65.9 Å². The highest BCUT2D eigenvalue weighted by atomic mass is 16.5. The molecule has 0 saturated heterocycles. The number of aromatic nitrogens is 1. The van der Waals surface area contributed by atoms with Gasteiger partial charge in [-0.05, 0) is 53.3 Å². The smallest absolute Gasteiger partial charge is 0.220 e. The lowest BCUT2D eigenvalue weighted by Crippen LogP contribution is -2.28. The van der Waals surface area contributed by atoms with E-state index >= 15 is 0 Å². The van der Waals surface area contributed by atoms with Gasteiger partial charge in [0.05, 0.1) is 13.2 Å². The topological polar surface area (TPSA) is 74.3 Å². The number of hydrogen-bond acceptors (Lipinski definition) is 3. The molecule has 0 bridgehead atoms. The molecule has 0 fully saturated rings. The third kappa shape index (κ3) is 4.39. The Bertz CT molecular complexity index is 857. The maximum Gasteiger partial charge on any atom is 0.220 e. The van der Waals surface area contributed by atoms with Gasteiger partial charge in [-0.3, -0.25) is 4.79 Å². The summed E-state index contributed by atoms with van der Waals surface area (Å²) in [6, 6.07) is 15.4. The van der Waals surface area contributed by atoms with Crippen molar-refractivity contribution in [1.29, 1.82) is 0 Å². The first-order valence-corrected chi connectivity index (χ1v) is 8.30. The van der Waals surface area contributed by atoms with Crippen molar-refractivity contribution in [1.82, 2.24) is 10.3 Å². The maximum atomic E-state index is 12.0. The van der Waals surface area contributed by atoms with Crippen molar-refractivity contribution in [2.45, 2.75) is 18.9 Å². The van der Waals surface area contributed by atoms with E-state index < -0.39 is 6.10 Å². The van der Waals surface area contributed by atoms with E-state index in [1.807, 2.05) is 42.6 Å². The van der Waals surface area contributed by atoms with Gasteiger partial charge in [0.15, 0.2) is 0 Å². The molecule has 2 aromatic carbocycles. The molecule has 0 aliphatic heterocycles. The molecule has 1 aromatic heterocycles. The number of carbonyl (C=O) groups is 1. The zero-order valence-corrected chi connectivity index (χ0v) is 14.2. The fourth-order valence-corrected chi connectivity index (χ4v) is 2.78. The zero-order chi connectivity index (χ0) is 17.6. The van der Waals surface area contributed by atoms with Crippen LogP contribution < -0.4 is 10.1 Å². The molecule has 0 saturated carbocycles. The molecule has 0 spiro atoms. The van der Waals surface area contributed by atoms with E-state index in [1.54, 1.807) is 13.2 Å². The van der Waals surface area contributed by atoms with Gasteiger partial charge < -0.3 is 20.1 Å². The van der Waals surface area contributed by atoms with Gasteiger partial charge >= 0.3 is 0 Å². The fraction of sp³-hybridized carbons (Fsp3) is 0.250. The molecule has 5 heteroatoms. The van der Waals surface area contributed by atoms with E-state index in [4.69, 9.17) is 4.74 Å². The Labute approximate surface area is 146 Å². The van der Waals surface area contributed by atoms with Gasteiger partial charge in [-0.25, -0.2) is 0 Å². The summed E-state index contributed by atoms with van der Waals surface area (Å²) < 4.78 is 5.14. The number of aliphatic hydroxyl groups is 1. The summed E-state index contributed by atoms with van der Waals surface area (Å²) in [6.45, 7) is 0.183. The van der Waals surface area contributed by atoms with Gasteiger partial charge in [-0.1, -0.05) is 18.2 Å². The summed E-state index contributed by atoms with van der Waals surface area (Å²) in [6.07, 6.45) is 2.21. The maximum absolute atomic E-state index is 12.0. The van der Waals surface area contributed by atoms with Gasteiger partial charge in [0.2, 0.25) is 5.91 Å². The summed E-state index contributed by atoms with van der Waals surface area (Å²) in [4.78, 5) is 15.2. The van der Waals surface area contributed by atoms with Crippen LogP contribution in [0.2, 0.25) is 0 Å². The average molecular weight is 338 g/mol. The number of aliphatic hydroxyl groups excluding tert-OH is 1. The van der Waals surface area contributed by atoms with Crippen molar-refractivity contribution < 1.29 is 14.6 Å². The number of H-pyrrole nitrogens is 1. The molecule has 3 aromatic rings. The molecule has 25 heavy (non-hydrogen) atoms. The van der Waals surface area contributed by atoms with Gasteiger partial charge in [-0.15, -0.1) is 0 Å². The van der Waals surface area contributed by atoms with Gasteiger partial charge in [0.25, 0.3) is 0 Å². The lowest BCUT2D eigenvalue weighted by atomic mass is 10.1. The average Bonchev–Trinajstić information content (AvgIpc) is 3.12. The van der Waals surface area contributed by atoms with Crippen LogP contribution in [0.15, 0.2) is 54.7 Å². The quantitative estimate of drug-likeness (QED) is 0.620. The first-order valence-electron chi connectivity index (χ1n) is 8.30. The van der Waals surface area contributed by atoms with Gasteiger partial charge in [0, 0.05) is 24.7 Å². The number of amides is 1. The number of rotatable bonds is 7. The van der Waals surface area contributed by atoms with E-state index in [0.29, 0.717) is 18.6 Å². The number of benzene rings is 2. The normalized spacial score (nSPS) is 12.1. The van der Waals surface area contributed by atoms with Crippen LogP contribution in [0.1, 0.15) is 23.7 Å². The van der Waals surface area contributed by atoms with Crippen LogP contribution in [0.25, 0.3) is 10.9 Å². The molecule has 1 atom stereocenters. The molecule has 3 N–H and O–H groups in total. The van der Waals surface area contributed by atoms with Crippen molar-refractivity contribution in [3.8, 4) is 5.75 Å². The molecule has 1 unspecified atom stereocenters. The second-order valence-corrected chi connectivity index (χ2v) is 6.00. The number of methoxy groups -OCH3 is 1. The summed E-state index contributed by atoms with van der Waals surface area (Å²) in [5.74, 6) is 0.610. The van der Waals surface area contributed by atoms with Crippen LogP contribution in [-0.2, 0) is 11.2 Å². The SMILES string of the molecule is COc1cccc(C(O)CNC(=O)CCc2ccc3[nH]ccc3c2)c1. The first-order chi connectivity index (χ1) is 12.2. The van der Waals surface area contributed by atoms with Gasteiger partial charge in [-0.2, -0.15) is 0 Å². The Balaban J connectivity index is 1.48. The largest absolute Gasteiger partial charge is 0.497 e. The number of aromatic amines is 1. The number of hydrogen-bond donors (Lipinski definition) is 3. The van der Waals surface area contributed by atoms with Crippen LogP contribution in [0.5, 0.6) is 5.75 Å². The minimum absolute atomic E-state index is 0.0730. The monoisotopic (exact) mass is 338 g/mol. The lowest BCUT2D eigenvalue weighted by Gasteiger charge is -2.13. The van der Waals surface area contributed by atoms with Crippen LogP contribution in [-0.4, -0.2) is 29.7 Å². The Morgan fingerprint density at radius 3 is 2.96 bits per heavy atom. The van der Waals surface area contributed by atoms with E-state index in [2.05, 4.69) is 16.4 Å². The van der Waals surface area contributed by atoms with E-state index in [9.17, 15) is 9.90 Å². The molecule has 130 valence electrons. The van der Waals surface area contributed by atoms with Crippen molar-refractivity contribution in [2.75, 3.05) is 13.7 Å². The summed E-state index contributed by atoms with van der Waals surface area (Å²) in [5.41, 5.74) is 2.93. The second-order valence-electron chi connectivity index (χ2n) is 6.00. The Morgan fingerprint density at radius 2 is 2.12 bits per heavy atom. The molecule has 0 radical (unpaired) electrons. The standard InChI is InChI=1S/C20H22N2O3/c1-25-17-4-2-3-16(12-17)19(23)13-22-20(24)8-6-14-5-7-18-15(11-14)9-10-21-18/h2-5,7,9-12,19,21,23H,6,8,13H2,1H3,(H,22,24). The number of nitrogens with one attached hydrogen (secondary N) is 2. The Hall–Kier alpha value is -2.79. The van der Waals surface area contributed by atoms with Crippen molar-refractivity contribution in [3.63, 3.8) is 0 Å². The predicted molar refractivity (Wildman–Crippen MR) is 97.6 cm³/mol. The third-order valence-corrected chi connectivity index (χ3v) is 4.23. The van der Waals surface area contributed by atoms with E-state index in [0.717, 1.165) is 22.0 Å². The predicted octanol–water partition coefficient (Wildman–Crippen LogP) is 2.96. The highest BCUT2D eigenvalue weighted by Crippen LogP contribution is 2.19.